The van der Waals surface area contributed by atoms with Gasteiger partial charge in [-0.2, -0.15) is 0 Å². The van der Waals surface area contributed by atoms with E-state index in [0.717, 1.165) is 19.3 Å². The minimum Gasteiger partial charge on any atom is -0.462 e. The molecule has 0 spiro atoms. The van der Waals surface area contributed by atoms with Crippen LogP contribution in [-0.4, -0.2) is 12.1 Å². The quantitative estimate of drug-likeness (QED) is 0.590. The van der Waals surface area contributed by atoms with Crippen LogP contribution < -0.4 is 0 Å². The molecule has 2 rings (SSSR count). The van der Waals surface area contributed by atoms with Gasteiger partial charge in [-0.05, 0) is 38.0 Å². The van der Waals surface area contributed by atoms with Crippen LogP contribution in [0.15, 0.2) is 0 Å². The fourth-order valence-corrected chi connectivity index (χ4v) is 1.85. The number of carbonyl (C=O) groups excluding carboxylic acids is 1. The summed E-state index contributed by atoms with van der Waals surface area (Å²) in [6.45, 7) is 2.18. The highest BCUT2D eigenvalue weighted by atomic mass is 16.5. The maximum Gasteiger partial charge on any atom is 0.309 e. The molecule has 2 aliphatic rings. The van der Waals surface area contributed by atoms with Gasteiger partial charge in [0.05, 0.1) is 5.92 Å². The lowest BCUT2D eigenvalue weighted by Gasteiger charge is -2.15. The number of carbonyl (C=O) groups is 1. The van der Waals surface area contributed by atoms with E-state index in [1.54, 1.807) is 0 Å². The molecule has 0 amide bonds. The van der Waals surface area contributed by atoms with Gasteiger partial charge in [-0.3, -0.25) is 4.79 Å². The van der Waals surface area contributed by atoms with E-state index in [1.165, 1.54) is 12.8 Å². The summed E-state index contributed by atoms with van der Waals surface area (Å²) < 4.78 is 5.41. The van der Waals surface area contributed by atoms with E-state index in [1.807, 2.05) is 0 Å². The largest absolute Gasteiger partial charge is 0.462 e. The highest BCUT2D eigenvalue weighted by molar-refractivity contribution is 5.75. The zero-order chi connectivity index (χ0) is 8.55. The highest BCUT2D eigenvalue weighted by Gasteiger charge is 2.35. The summed E-state index contributed by atoms with van der Waals surface area (Å²) in [4.78, 5) is 11.3. The van der Waals surface area contributed by atoms with Gasteiger partial charge in [0.15, 0.2) is 0 Å². The lowest BCUT2D eigenvalue weighted by Crippen LogP contribution is -2.21. The molecule has 2 nitrogen and oxygen atoms in total. The molecule has 0 heterocycles. The van der Waals surface area contributed by atoms with E-state index in [-0.39, 0.29) is 18.0 Å². The number of hydrogen-bond donors (Lipinski definition) is 0. The Balaban J connectivity index is 1.80. The van der Waals surface area contributed by atoms with Crippen molar-refractivity contribution in [3.05, 3.63) is 0 Å². The molecule has 1 unspecified atom stereocenters. The molecule has 2 fully saturated rings. The standard InChI is InChI=1S/C10H16O2/c1-7-3-2-4-9(7)12-10(11)8-5-6-8/h7-9H,2-6H2,1H3/t7?,9-/m0/s1. The van der Waals surface area contributed by atoms with Crippen LogP contribution in [0, 0.1) is 11.8 Å². The Kier molecular flexibility index (Phi) is 2.07. The van der Waals surface area contributed by atoms with Gasteiger partial charge in [0.1, 0.15) is 6.10 Å². The fourth-order valence-electron chi connectivity index (χ4n) is 1.85. The van der Waals surface area contributed by atoms with E-state index in [0.29, 0.717) is 5.92 Å². The molecule has 0 aromatic carbocycles. The Hall–Kier alpha value is -0.530. The summed E-state index contributed by atoms with van der Waals surface area (Å²) in [6.07, 6.45) is 5.88. The predicted octanol–water partition coefficient (Wildman–Crippen LogP) is 2.13. The summed E-state index contributed by atoms with van der Waals surface area (Å²) in [5, 5.41) is 0. The van der Waals surface area contributed by atoms with Gasteiger partial charge in [-0.15, -0.1) is 0 Å². The van der Waals surface area contributed by atoms with Gasteiger partial charge in [0.2, 0.25) is 0 Å². The number of hydrogen-bond acceptors (Lipinski definition) is 2. The van der Waals surface area contributed by atoms with Gasteiger partial charge >= 0.3 is 5.97 Å². The minimum atomic E-state index is 0.0637. The number of esters is 1. The SMILES string of the molecule is CC1CCC[C@@H]1OC(=O)C1CC1. The maximum absolute atomic E-state index is 11.3. The Morgan fingerprint density at radius 3 is 2.50 bits per heavy atom. The fraction of sp³-hybridized carbons (Fsp3) is 0.900. The first-order valence-corrected chi connectivity index (χ1v) is 4.98. The van der Waals surface area contributed by atoms with Crippen LogP contribution in [0.5, 0.6) is 0 Å². The van der Waals surface area contributed by atoms with E-state index in [9.17, 15) is 4.79 Å². The molecule has 68 valence electrons. The van der Waals surface area contributed by atoms with Gasteiger partial charge in [0, 0.05) is 0 Å². The normalized spacial score (nSPS) is 35.1. The third-order valence-corrected chi connectivity index (χ3v) is 2.96. The molecular formula is C10H16O2. The summed E-state index contributed by atoms with van der Waals surface area (Å²) in [7, 11) is 0. The van der Waals surface area contributed by atoms with E-state index in [2.05, 4.69) is 6.92 Å². The van der Waals surface area contributed by atoms with Gasteiger partial charge in [0.25, 0.3) is 0 Å². The second-order valence-corrected chi connectivity index (χ2v) is 4.16. The molecular weight excluding hydrogens is 152 g/mol. The molecule has 0 bridgehead atoms. The first-order valence-electron chi connectivity index (χ1n) is 4.98. The van der Waals surface area contributed by atoms with Crippen LogP contribution in [0.3, 0.4) is 0 Å². The lowest BCUT2D eigenvalue weighted by molar-refractivity contribution is -0.152. The van der Waals surface area contributed by atoms with Gasteiger partial charge in [-0.25, -0.2) is 0 Å². The molecule has 2 aliphatic carbocycles. The van der Waals surface area contributed by atoms with Crippen LogP contribution >= 0.6 is 0 Å². The second-order valence-electron chi connectivity index (χ2n) is 4.16. The average molecular weight is 168 g/mol. The van der Waals surface area contributed by atoms with Crippen LogP contribution in [0.2, 0.25) is 0 Å². The molecule has 2 saturated carbocycles. The van der Waals surface area contributed by atoms with Crippen molar-refractivity contribution in [2.24, 2.45) is 11.8 Å². The third kappa shape index (κ3) is 1.62. The van der Waals surface area contributed by atoms with Crippen LogP contribution in [0.25, 0.3) is 0 Å². The maximum atomic E-state index is 11.3. The Morgan fingerprint density at radius 1 is 1.25 bits per heavy atom. The van der Waals surface area contributed by atoms with Crippen molar-refractivity contribution in [1.29, 1.82) is 0 Å². The van der Waals surface area contributed by atoms with Crippen molar-refractivity contribution in [3.63, 3.8) is 0 Å². The minimum absolute atomic E-state index is 0.0637. The first-order chi connectivity index (χ1) is 5.77. The summed E-state index contributed by atoms with van der Waals surface area (Å²) in [5.41, 5.74) is 0. The molecule has 0 saturated heterocycles. The number of ether oxygens (including phenoxy) is 1. The van der Waals surface area contributed by atoms with Crippen LogP contribution in [0.4, 0.5) is 0 Å². The molecule has 0 aromatic rings. The average Bonchev–Trinajstić information content (AvgIpc) is 2.80. The number of rotatable bonds is 2. The molecule has 0 N–H and O–H groups in total. The van der Waals surface area contributed by atoms with Crippen molar-refractivity contribution in [3.8, 4) is 0 Å². The van der Waals surface area contributed by atoms with E-state index in [4.69, 9.17) is 4.74 Å². The van der Waals surface area contributed by atoms with E-state index >= 15 is 0 Å². The Bertz CT molecular complexity index is 184. The topological polar surface area (TPSA) is 26.3 Å². The summed E-state index contributed by atoms with van der Waals surface area (Å²) in [6, 6.07) is 0. The van der Waals surface area contributed by atoms with E-state index < -0.39 is 0 Å². The van der Waals surface area contributed by atoms with Crippen LogP contribution in [-0.2, 0) is 9.53 Å². The summed E-state index contributed by atoms with van der Waals surface area (Å²) in [5.74, 6) is 0.916. The zero-order valence-electron chi connectivity index (χ0n) is 7.58. The van der Waals surface area contributed by atoms with Gasteiger partial charge in [-0.1, -0.05) is 6.92 Å². The Labute approximate surface area is 73.3 Å². The van der Waals surface area contributed by atoms with Crippen molar-refractivity contribution >= 4 is 5.97 Å². The van der Waals surface area contributed by atoms with Crippen LogP contribution in [0.1, 0.15) is 39.0 Å². The molecule has 0 aromatic heterocycles. The predicted molar refractivity (Wildman–Crippen MR) is 45.6 cm³/mol. The molecule has 2 atom stereocenters. The zero-order valence-corrected chi connectivity index (χ0v) is 7.58. The van der Waals surface area contributed by atoms with Crippen molar-refractivity contribution < 1.29 is 9.53 Å². The smallest absolute Gasteiger partial charge is 0.309 e. The Morgan fingerprint density at radius 2 is 2.00 bits per heavy atom. The molecule has 12 heavy (non-hydrogen) atoms. The highest BCUT2D eigenvalue weighted by Crippen LogP contribution is 2.34. The summed E-state index contributed by atoms with van der Waals surface area (Å²) >= 11 is 0. The molecule has 2 heteroatoms. The van der Waals surface area contributed by atoms with Crippen molar-refractivity contribution in [2.45, 2.75) is 45.1 Å². The van der Waals surface area contributed by atoms with Gasteiger partial charge < -0.3 is 4.74 Å². The molecule has 0 radical (unpaired) electrons. The van der Waals surface area contributed by atoms with Crippen molar-refractivity contribution in [2.75, 3.05) is 0 Å². The molecule has 0 aliphatic heterocycles. The first kappa shape index (κ1) is 8.09. The monoisotopic (exact) mass is 168 g/mol. The van der Waals surface area contributed by atoms with Crippen molar-refractivity contribution in [1.82, 2.24) is 0 Å². The lowest BCUT2D eigenvalue weighted by atomic mass is 10.1. The second kappa shape index (κ2) is 3.08. The third-order valence-electron chi connectivity index (χ3n) is 2.96.